The smallest absolute Gasteiger partial charge is 0.101 e. The van der Waals surface area contributed by atoms with Gasteiger partial charge in [-0.15, -0.1) is 23.2 Å². The minimum absolute atomic E-state index is 0.160. The number of alkyl halides is 2. The van der Waals surface area contributed by atoms with Crippen LogP contribution in [0.4, 0.5) is 0 Å². The lowest BCUT2D eigenvalue weighted by molar-refractivity contribution is -0.0197. The predicted molar refractivity (Wildman–Crippen MR) is 76.7 cm³/mol. The fourth-order valence-electron chi connectivity index (χ4n) is 1.32. The first-order chi connectivity index (χ1) is 8.60. The van der Waals surface area contributed by atoms with Gasteiger partial charge >= 0.3 is 0 Å². The van der Waals surface area contributed by atoms with Gasteiger partial charge < -0.3 is 14.6 Å². The lowest BCUT2D eigenvalue weighted by Crippen LogP contribution is -2.23. The molecule has 110 valence electrons. The van der Waals surface area contributed by atoms with Crippen molar-refractivity contribution in [2.45, 2.75) is 56.4 Å². The fourth-order valence-corrected chi connectivity index (χ4v) is 1.50. The van der Waals surface area contributed by atoms with E-state index < -0.39 is 6.10 Å². The highest BCUT2D eigenvalue weighted by Crippen LogP contribution is 2.07. The first kappa shape index (κ1) is 18.5. The molecule has 0 aromatic rings. The molecule has 2 unspecified atom stereocenters. The molecule has 0 aromatic carbocycles. The van der Waals surface area contributed by atoms with Crippen LogP contribution in [0.5, 0.6) is 0 Å². The molecule has 2 atom stereocenters. The molecule has 0 saturated carbocycles. The van der Waals surface area contributed by atoms with Crippen LogP contribution < -0.4 is 0 Å². The Bertz CT molecular complexity index is 164. The molecular formula is C13H26Cl2O3. The van der Waals surface area contributed by atoms with E-state index in [0.29, 0.717) is 26.4 Å². The van der Waals surface area contributed by atoms with Crippen molar-refractivity contribution in [1.82, 2.24) is 0 Å². The van der Waals surface area contributed by atoms with E-state index in [1.165, 1.54) is 0 Å². The average Bonchev–Trinajstić information content (AvgIpc) is 2.38. The standard InChI is InChI=1S/C13H26Cl2O3/c1-3-11(14)5-7-17-9-13(16)10-18-8-6-12(15)4-2/h11-13,16H,3-10H2,1-2H3. The highest BCUT2D eigenvalue weighted by molar-refractivity contribution is 6.20. The number of aliphatic hydroxyl groups is 1. The Balaban J connectivity index is 3.29. The summed E-state index contributed by atoms with van der Waals surface area (Å²) in [6.07, 6.45) is 2.93. The molecule has 0 aliphatic rings. The molecule has 0 saturated heterocycles. The SMILES string of the molecule is CCC(Cl)CCOCC(O)COCCC(Cl)CC. The number of hydrogen-bond donors (Lipinski definition) is 1. The van der Waals surface area contributed by atoms with Gasteiger partial charge in [0.1, 0.15) is 6.10 Å². The summed E-state index contributed by atoms with van der Waals surface area (Å²) in [7, 11) is 0. The van der Waals surface area contributed by atoms with Crippen molar-refractivity contribution in [1.29, 1.82) is 0 Å². The van der Waals surface area contributed by atoms with E-state index in [-0.39, 0.29) is 10.8 Å². The Morgan fingerprint density at radius 2 is 1.28 bits per heavy atom. The van der Waals surface area contributed by atoms with E-state index in [1.54, 1.807) is 0 Å². The molecule has 18 heavy (non-hydrogen) atoms. The predicted octanol–water partition coefficient (Wildman–Crippen LogP) is 3.20. The van der Waals surface area contributed by atoms with Crippen LogP contribution in [0.1, 0.15) is 39.5 Å². The van der Waals surface area contributed by atoms with Gasteiger partial charge in [0.2, 0.25) is 0 Å². The molecule has 0 aliphatic carbocycles. The zero-order valence-corrected chi connectivity index (χ0v) is 12.9. The molecule has 0 heterocycles. The fraction of sp³-hybridized carbons (Fsp3) is 1.00. The number of ether oxygens (including phenoxy) is 2. The lowest BCUT2D eigenvalue weighted by Gasteiger charge is -2.13. The third kappa shape index (κ3) is 11.5. The van der Waals surface area contributed by atoms with E-state index in [9.17, 15) is 5.11 Å². The van der Waals surface area contributed by atoms with Gasteiger partial charge in [-0.25, -0.2) is 0 Å². The average molecular weight is 301 g/mol. The Hall–Kier alpha value is 0.460. The highest BCUT2D eigenvalue weighted by atomic mass is 35.5. The first-order valence-electron chi connectivity index (χ1n) is 6.71. The molecular weight excluding hydrogens is 275 g/mol. The van der Waals surface area contributed by atoms with E-state index in [0.717, 1.165) is 25.7 Å². The van der Waals surface area contributed by atoms with Crippen molar-refractivity contribution in [2.75, 3.05) is 26.4 Å². The number of aliphatic hydroxyl groups excluding tert-OH is 1. The molecule has 0 spiro atoms. The summed E-state index contributed by atoms with van der Waals surface area (Å²) in [6, 6.07) is 0. The third-order valence-corrected chi connectivity index (χ3v) is 3.71. The topological polar surface area (TPSA) is 38.7 Å². The van der Waals surface area contributed by atoms with Crippen molar-refractivity contribution in [3.8, 4) is 0 Å². The third-order valence-electron chi connectivity index (χ3n) is 2.66. The van der Waals surface area contributed by atoms with Crippen LogP contribution in [-0.2, 0) is 9.47 Å². The van der Waals surface area contributed by atoms with Gasteiger partial charge in [-0.3, -0.25) is 0 Å². The zero-order valence-electron chi connectivity index (χ0n) is 11.4. The molecule has 0 bridgehead atoms. The minimum atomic E-state index is -0.573. The van der Waals surface area contributed by atoms with Crippen LogP contribution in [-0.4, -0.2) is 48.4 Å². The molecule has 0 rings (SSSR count). The van der Waals surface area contributed by atoms with Crippen LogP contribution in [0.25, 0.3) is 0 Å². The Labute approximate surface area is 121 Å². The van der Waals surface area contributed by atoms with Crippen molar-refractivity contribution in [3.63, 3.8) is 0 Å². The quantitative estimate of drug-likeness (QED) is 0.444. The Morgan fingerprint density at radius 3 is 1.61 bits per heavy atom. The monoisotopic (exact) mass is 300 g/mol. The van der Waals surface area contributed by atoms with Gasteiger partial charge in [-0.2, -0.15) is 0 Å². The highest BCUT2D eigenvalue weighted by Gasteiger charge is 2.07. The maximum atomic E-state index is 9.58. The molecule has 0 aliphatic heterocycles. The van der Waals surface area contributed by atoms with Gasteiger partial charge in [0.25, 0.3) is 0 Å². The van der Waals surface area contributed by atoms with Crippen LogP contribution >= 0.6 is 23.2 Å². The molecule has 0 aromatic heterocycles. The summed E-state index contributed by atoms with van der Waals surface area (Å²) >= 11 is 11.9. The van der Waals surface area contributed by atoms with Crippen LogP contribution in [0, 0.1) is 0 Å². The second kappa shape index (κ2) is 12.5. The zero-order chi connectivity index (χ0) is 13.8. The Kier molecular flexibility index (Phi) is 12.8. The van der Waals surface area contributed by atoms with Gasteiger partial charge in [0, 0.05) is 24.0 Å². The largest absolute Gasteiger partial charge is 0.388 e. The lowest BCUT2D eigenvalue weighted by atomic mass is 10.2. The summed E-state index contributed by atoms with van der Waals surface area (Å²) in [5, 5.41) is 9.90. The molecule has 0 amide bonds. The number of rotatable bonds is 12. The molecule has 1 N–H and O–H groups in total. The summed E-state index contributed by atoms with van der Waals surface area (Å²) in [6.45, 7) is 5.84. The molecule has 3 nitrogen and oxygen atoms in total. The van der Waals surface area contributed by atoms with Crippen molar-refractivity contribution >= 4 is 23.2 Å². The number of hydrogen-bond acceptors (Lipinski definition) is 3. The Morgan fingerprint density at radius 1 is 0.889 bits per heavy atom. The van der Waals surface area contributed by atoms with Crippen LogP contribution in [0.15, 0.2) is 0 Å². The normalized spacial score (nSPS) is 16.5. The van der Waals surface area contributed by atoms with Gasteiger partial charge in [-0.1, -0.05) is 13.8 Å². The summed E-state index contributed by atoms with van der Waals surface area (Å²) in [5.41, 5.74) is 0. The van der Waals surface area contributed by atoms with Crippen LogP contribution in [0.2, 0.25) is 0 Å². The molecule has 0 fully saturated rings. The van der Waals surface area contributed by atoms with E-state index in [2.05, 4.69) is 0 Å². The minimum Gasteiger partial charge on any atom is -0.388 e. The summed E-state index contributed by atoms with van der Waals surface area (Å²) in [5.74, 6) is 0. The summed E-state index contributed by atoms with van der Waals surface area (Å²) < 4.78 is 10.7. The van der Waals surface area contributed by atoms with Crippen molar-refractivity contribution in [3.05, 3.63) is 0 Å². The molecule has 5 heteroatoms. The van der Waals surface area contributed by atoms with Crippen LogP contribution in [0.3, 0.4) is 0 Å². The second-order valence-electron chi connectivity index (χ2n) is 4.39. The van der Waals surface area contributed by atoms with E-state index >= 15 is 0 Å². The summed E-state index contributed by atoms with van der Waals surface area (Å²) in [4.78, 5) is 0. The van der Waals surface area contributed by atoms with Gasteiger partial charge in [0.15, 0.2) is 0 Å². The van der Waals surface area contributed by atoms with E-state index in [1.807, 2.05) is 13.8 Å². The number of halogens is 2. The van der Waals surface area contributed by atoms with Crippen molar-refractivity contribution < 1.29 is 14.6 Å². The van der Waals surface area contributed by atoms with E-state index in [4.69, 9.17) is 32.7 Å². The maximum Gasteiger partial charge on any atom is 0.101 e. The van der Waals surface area contributed by atoms with Crippen molar-refractivity contribution in [2.24, 2.45) is 0 Å². The molecule has 0 radical (unpaired) electrons. The second-order valence-corrected chi connectivity index (χ2v) is 5.63. The first-order valence-corrected chi connectivity index (χ1v) is 7.59. The maximum absolute atomic E-state index is 9.58. The van der Waals surface area contributed by atoms with Gasteiger partial charge in [-0.05, 0) is 25.7 Å². The van der Waals surface area contributed by atoms with Gasteiger partial charge in [0.05, 0.1) is 13.2 Å².